The standard InChI is InChI=1S/C28H29NP2/c30-21-27(23-13-5-1-6-14-23,24-15-7-2-8-16-24)29-28(22-31,25-17-9-3-10-18-25)26-19-11-4-12-20-26/h1-20,29H,21-22,30-31H2. The van der Waals surface area contributed by atoms with E-state index in [1.165, 1.54) is 22.3 Å². The van der Waals surface area contributed by atoms with Crippen LogP contribution in [0.3, 0.4) is 0 Å². The predicted octanol–water partition coefficient (Wildman–Crippen LogP) is 6.21. The normalized spacial score (nSPS) is 11.9. The zero-order valence-electron chi connectivity index (χ0n) is 17.6. The number of nitrogens with one attached hydrogen (secondary N) is 1. The molecule has 0 radical (unpaired) electrons. The van der Waals surface area contributed by atoms with Crippen molar-refractivity contribution in [3.63, 3.8) is 0 Å². The highest BCUT2D eigenvalue weighted by Crippen LogP contribution is 2.40. The van der Waals surface area contributed by atoms with Crippen LogP contribution in [0.15, 0.2) is 121 Å². The maximum Gasteiger partial charge on any atom is 0.0734 e. The first-order chi connectivity index (χ1) is 15.2. The van der Waals surface area contributed by atoms with E-state index < -0.39 is 0 Å². The summed E-state index contributed by atoms with van der Waals surface area (Å²) in [5, 5.41) is 4.20. The van der Waals surface area contributed by atoms with Crippen LogP contribution in [0.1, 0.15) is 22.3 Å². The average molecular weight is 441 g/mol. The second-order valence-electron chi connectivity index (χ2n) is 7.81. The largest absolute Gasteiger partial charge is 0.290 e. The molecule has 0 saturated carbocycles. The van der Waals surface area contributed by atoms with Gasteiger partial charge in [-0.05, 0) is 34.6 Å². The number of hydrogen-bond donors (Lipinski definition) is 1. The summed E-state index contributed by atoms with van der Waals surface area (Å²) in [7, 11) is 6.00. The number of benzene rings is 4. The number of hydrogen-bond acceptors (Lipinski definition) is 1. The van der Waals surface area contributed by atoms with Crippen molar-refractivity contribution in [1.29, 1.82) is 0 Å². The minimum atomic E-state index is -0.380. The van der Waals surface area contributed by atoms with Crippen LogP contribution in [0.5, 0.6) is 0 Å². The van der Waals surface area contributed by atoms with Crippen LogP contribution in [-0.4, -0.2) is 12.3 Å². The molecule has 2 atom stereocenters. The van der Waals surface area contributed by atoms with Crippen molar-refractivity contribution in [2.45, 2.75) is 11.1 Å². The van der Waals surface area contributed by atoms with Gasteiger partial charge >= 0.3 is 0 Å². The quantitative estimate of drug-likeness (QED) is 0.321. The lowest BCUT2D eigenvalue weighted by Crippen LogP contribution is -2.57. The Kier molecular flexibility index (Phi) is 6.99. The molecule has 31 heavy (non-hydrogen) atoms. The van der Waals surface area contributed by atoms with Crippen molar-refractivity contribution in [3.05, 3.63) is 144 Å². The van der Waals surface area contributed by atoms with Gasteiger partial charge < -0.3 is 0 Å². The molecule has 4 aromatic rings. The molecule has 0 amide bonds. The van der Waals surface area contributed by atoms with E-state index in [2.05, 4.69) is 145 Å². The van der Waals surface area contributed by atoms with Gasteiger partial charge in [-0.25, -0.2) is 0 Å². The van der Waals surface area contributed by atoms with E-state index in [-0.39, 0.29) is 11.1 Å². The second kappa shape index (κ2) is 9.88. The van der Waals surface area contributed by atoms with Crippen LogP contribution < -0.4 is 5.32 Å². The fourth-order valence-corrected chi connectivity index (χ4v) is 5.60. The highest BCUT2D eigenvalue weighted by atomic mass is 31.0. The van der Waals surface area contributed by atoms with E-state index in [0.29, 0.717) is 0 Å². The maximum absolute atomic E-state index is 4.20. The molecule has 1 nitrogen and oxygen atoms in total. The Morgan fingerprint density at radius 3 is 0.839 bits per heavy atom. The Morgan fingerprint density at radius 2 is 0.645 bits per heavy atom. The van der Waals surface area contributed by atoms with Crippen LogP contribution in [0.25, 0.3) is 0 Å². The third kappa shape index (κ3) is 4.24. The number of rotatable bonds is 8. The van der Waals surface area contributed by atoms with E-state index in [0.717, 1.165) is 12.3 Å². The summed E-state index contributed by atoms with van der Waals surface area (Å²) in [4.78, 5) is 0. The van der Waals surface area contributed by atoms with Gasteiger partial charge in [0.05, 0.1) is 11.1 Å². The topological polar surface area (TPSA) is 12.0 Å². The van der Waals surface area contributed by atoms with Gasteiger partial charge in [-0.15, -0.1) is 18.5 Å². The molecular weight excluding hydrogens is 412 g/mol. The molecule has 4 aromatic carbocycles. The monoisotopic (exact) mass is 441 g/mol. The second-order valence-corrected chi connectivity index (χ2v) is 8.62. The molecule has 0 aliphatic heterocycles. The molecular formula is C28H29NP2. The van der Waals surface area contributed by atoms with E-state index in [1.54, 1.807) is 0 Å². The Hall–Kier alpha value is -2.30. The lowest BCUT2D eigenvalue weighted by molar-refractivity contribution is 0.321. The molecule has 0 saturated heterocycles. The van der Waals surface area contributed by atoms with Gasteiger partial charge in [0.1, 0.15) is 0 Å². The SMILES string of the molecule is PCC(NC(CP)(c1ccccc1)c1ccccc1)(c1ccccc1)c1ccccc1. The van der Waals surface area contributed by atoms with Gasteiger partial charge in [0.25, 0.3) is 0 Å². The van der Waals surface area contributed by atoms with Crippen molar-refractivity contribution < 1.29 is 0 Å². The minimum absolute atomic E-state index is 0.380. The molecule has 0 aliphatic carbocycles. The summed E-state index contributed by atoms with van der Waals surface area (Å²) in [5.74, 6) is 0. The Morgan fingerprint density at radius 1 is 0.419 bits per heavy atom. The maximum atomic E-state index is 4.20. The van der Waals surface area contributed by atoms with Crippen LogP contribution in [0.2, 0.25) is 0 Å². The molecule has 0 aliphatic rings. The molecule has 0 spiro atoms. The van der Waals surface area contributed by atoms with Crippen LogP contribution in [0.4, 0.5) is 0 Å². The molecule has 1 N–H and O–H groups in total. The molecule has 4 rings (SSSR count). The summed E-state index contributed by atoms with van der Waals surface area (Å²) in [6.07, 6.45) is 1.68. The summed E-state index contributed by atoms with van der Waals surface area (Å²) < 4.78 is 0. The molecule has 0 aromatic heterocycles. The fraction of sp³-hybridized carbons (Fsp3) is 0.143. The zero-order valence-corrected chi connectivity index (χ0v) is 19.9. The summed E-state index contributed by atoms with van der Waals surface area (Å²) in [6, 6.07) is 43.2. The fourth-order valence-electron chi connectivity index (χ4n) is 4.45. The van der Waals surface area contributed by atoms with Crippen molar-refractivity contribution in [2.75, 3.05) is 12.3 Å². The molecule has 0 heterocycles. The van der Waals surface area contributed by atoms with Gasteiger partial charge in [0, 0.05) is 0 Å². The van der Waals surface area contributed by atoms with Crippen molar-refractivity contribution in [3.8, 4) is 0 Å². The Bertz CT molecular complexity index is 899. The Labute approximate surface area is 190 Å². The highest BCUT2D eigenvalue weighted by Gasteiger charge is 2.43. The average Bonchev–Trinajstić information content (AvgIpc) is 2.87. The highest BCUT2D eigenvalue weighted by molar-refractivity contribution is 7.16. The first-order valence-corrected chi connectivity index (χ1v) is 12.3. The molecule has 156 valence electrons. The lowest BCUT2D eigenvalue weighted by Gasteiger charge is -2.46. The van der Waals surface area contributed by atoms with E-state index >= 15 is 0 Å². The van der Waals surface area contributed by atoms with Crippen LogP contribution >= 0.6 is 18.5 Å². The first-order valence-electron chi connectivity index (χ1n) is 10.7. The molecule has 2 unspecified atom stereocenters. The lowest BCUT2D eigenvalue weighted by atomic mass is 9.77. The minimum Gasteiger partial charge on any atom is -0.290 e. The molecule has 3 heteroatoms. The van der Waals surface area contributed by atoms with Gasteiger partial charge in [0.15, 0.2) is 0 Å². The van der Waals surface area contributed by atoms with Gasteiger partial charge in [-0.1, -0.05) is 121 Å². The van der Waals surface area contributed by atoms with Gasteiger partial charge in [0.2, 0.25) is 0 Å². The summed E-state index contributed by atoms with van der Waals surface area (Å²) >= 11 is 0. The van der Waals surface area contributed by atoms with Crippen LogP contribution in [-0.2, 0) is 11.1 Å². The van der Waals surface area contributed by atoms with E-state index in [9.17, 15) is 0 Å². The predicted molar refractivity (Wildman–Crippen MR) is 140 cm³/mol. The van der Waals surface area contributed by atoms with Gasteiger partial charge in [-0.2, -0.15) is 0 Å². The van der Waals surface area contributed by atoms with E-state index in [1.807, 2.05) is 0 Å². The molecule has 0 bridgehead atoms. The smallest absolute Gasteiger partial charge is 0.0734 e. The molecule has 0 fully saturated rings. The van der Waals surface area contributed by atoms with Crippen molar-refractivity contribution in [2.24, 2.45) is 0 Å². The van der Waals surface area contributed by atoms with Crippen LogP contribution in [0, 0.1) is 0 Å². The third-order valence-electron chi connectivity index (χ3n) is 6.11. The van der Waals surface area contributed by atoms with Gasteiger partial charge in [-0.3, -0.25) is 5.32 Å². The third-order valence-corrected chi connectivity index (χ3v) is 7.33. The summed E-state index contributed by atoms with van der Waals surface area (Å²) in [6.45, 7) is 0. The van der Waals surface area contributed by atoms with Crippen molar-refractivity contribution in [1.82, 2.24) is 5.32 Å². The summed E-state index contributed by atoms with van der Waals surface area (Å²) in [5.41, 5.74) is 4.26. The van der Waals surface area contributed by atoms with E-state index in [4.69, 9.17) is 0 Å². The van der Waals surface area contributed by atoms with Crippen molar-refractivity contribution >= 4 is 18.5 Å². The first kappa shape index (κ1) is 21.9. The Balaban J connectivity index is 1.98. The zero-order chi connectivity index (χ0) is 21.6.